The van der Waals surface area contributed by atoms with Gasteiger partial charge in [-0.15, -0.1) is 23.7 Å². The molecule has 1 unspecified atom stereocenters. The Morgan fingerprint density at radius 3 is 2.81 bits per heavy atom. The number of hydrogen-bond acceptors (Lipinski definition) is 4. The highest BCUT2D eigenvalue weighted by atomic mass is 35.5. The number of halogens is 2. The van der Waals surface area contributed by atoms with Crippen molar-refractivity contribution in [3.63, 3.8) is 0 Å². The molecule has 2 heterocycles. The van der Waals surface area contributed by atoms with Crippen molar-refractivity contribution in [3.05, 3.63) is 21.3 Å². The van der Waals surface area contributed by atoms with Crippen molar-refractivity contribution in [2.75, 3.05) is 39.3 Å². The molecule has 0 radical (unpaired) electrons. The predicted molar refractivity (Wildman–Crippen MR) is 91.9 cm³/mol. The maximum atomic E-state index is 12.0. The molecule has 1 aromatic heterocycles. The van der Waals surface area contributed by atoms with Crippen LogP contribution in [0.15, 0.2) is 12.1 Å². The van der Waals surface area contributed by atoms with Crippen molar-refractivity contribution in [2.24, 2.45) is 0 Å². The number of nitrogens with one attached hydrogen (secondary N) is 2. The van der Waals surface area contributed by atoms with Gasteiger partial charge < -0.3 is 15.5 Å². The Morgan fingerprint density at radius 1 is 1.48 bits per heavy atom. The normalized spacial score (nSPS) is 17.0. The monoisotopic (exact) mass is 351 g/mol. The molecule has 0 aliphatic carbocycles. The molecule has 1 saturated heterocycles. The lowest BCUT2D eigenvalue weighted by Gasteiger charge is -2.27. The Balaban J connectivity index is 0.00000220. The Labute approximate surface area is 141 Å². The van der Waals surface area contributed by atoms with E-state index in [9.17, 15) is 4.79 Å². The van der Waals surface area contributed by atoms with Crippen LogP contribution in [-0.4, -0.2) is 50.1 Å². The van der Waals surface area contributed by atoms with Crippen LogP contribution in [0.5, 0.6) is 0 Å². The van der Waals surface area contributed by atoms with Crippen LogP contribution in [-0.2, 0) is 4.79 Å². The average Bonchev–Trinajstić information content (AvgIpc) is 2.90. The fraction of sp³-hybridized carbons (Fsp3) is 0.643. The van der Waals surface area contributed by atoms with Crippen molar-refractivity contribution < 1.29 is 4.79 Å². The molecule has 1 aliphatic rings. The van der Waals surface area contributed by atoms with Gasteiger partial charge in [0.2, 0.25) is 5.91 Å². The van der Waals surface area contributed by atoms with Gasteiger partial charge in [0.25, 0.3) is 0 Å². The van der Waals surface area contributed by atoms with Gasteiger partial charge in [0, 0.05) is 37.6 Å². The van der Waals surface area contributed by atoms with Crippen LogP contribution in [0.4, 0.5) is 0 Å². The summed E-state index contributed by atoms with van der Waals surface area (Å²) in [5.74, 6) is -0.0319. The minimum atomic E-state index is -0.119. The van der Waals surface area contributed by atoms with Gasteiger partial charge in [0.05, 0.1) is 10.3 Å². The van der Waals surface area contributed by atoms with Crippen LogP contribution in [0, 0.1) is 0 Å². The van der Waals surface area contributed by atoms with E-state index in [4.69, 9.17) is 11.6 Å². The van der Waals surface area contributed by atoms with Gasteiger partial charge in [-0.2, -0.15) is 0 Å². The van der Waals surface area contributed by atoms with E-state index in [2.05, 4.69) is 15.5 Å². The van der Waals surface area contributed by atoms with Crippen LogP contribution in [0.1, 0.15) is 24.1 Å². The molecule has 120 valence electrons. The van der Waals surface area contributed by atoms with Gasteiger partial charge >= 0.3 is 0 Å². The average molecular weight is 352 g/mol. The summed E-state index contributed by atoms with van der Waals surface area (Å²) in [7, 11) is 0. The molecular formula is C14H23Cl2N3OS. The largest absolute Gasteiger partial charge is 0.356 e. The van der Waals surface area contributed by atoms with Gasteiger partial charge in [-0.05, 0) is 32.0 Å². The SMILES string of the molecule is CC(C(=O)NCCCN1CCNCC1)c1ccc(Cl)s1.Cl. The van der Waals surface area contributed by atoms with Gasteiger partial charge in [-0.25, -0.2) is 0 Å². The van der Waals surface area contributed by atoms with E-state index in [1.807, 2.05) is 19.1 Å². The zero-order chi connectivity index (χ0) is 14.4. The molecule has 2 rings (SSSR count). The summed E-state index contributed by atoms with van der Waals surface area (Å²) in [6.45, 7) is 8.09. The zero-order valence-corrected chi connectivity index (χ0v) is 14.6. The number of thiophene rings is 1. The highest BCUT2D eigenvalue weighted by molar-refractivity contribution is 7.16. The molecule has 0 spiro atoms. The van der Waals surface area contributed by atoms with Crippen molar-refractivity contribution in [3.8, 4) is 0 Å². The lowest BCUT2D eigenvalue weighted by molar-refractivity contribution is -0.122. The van der Waals surface area contributed by atoms with Gasteiger partial charge in [0.15, 0.2) is 0 Å². The maximum absolute atomic E-state index is 12.0. The number of hydrogen-bond donors (Lipinski definition) is 2. The number of nitrogens with zero attached hydrogens (tertiary/aromatic N) is 1. The molecule has 1 aliphatic heterocycles. The van der Waals surface area contributed by atoms with Gasteiger partial charge in [0.1, 0.15) is 0 Å². The van der Waals surface area contributed by atoms with Crippen LogP contribution in [0.2, 0.25) is 4.34 Å². The molecule has 1 atom stereocenters. The number of piperazine rings is 1. The van der Waals surface area contributed by atoms with Gasteiger partial charge in [-0.3, -0.25) is 4.79 Å². The maximum Gasteiger partial charge on any atom is 0.228 e. The molecule has 1 fully saturated rings. The number of amides is 1. The topological polar surface area (TPSA) is 44.4 Å². The highest BCUT2D eigenvalue weighted by Gasteiger charge is 2.16. The summed E-state index contributed by atoms with van der Waals surface area (Å²) in [6.07, 6.45) is 1.00. The first-order valence-corrected chi connectivity index (χ1v) is 8.32. The standard InChI is InChI=1S/C14H22ClN3OS.ClH/c1-11(12-3-4-13(15)20-12)14(19)17-5-2-8-18-9-6-16-7-10-18;/h3-4,11,16H,2,5-10H2,1H3,(H,17,19);1H. The van der Waals surface area contributed by atoms with Crippen LogP contribution < -0.4 is 10.6 Å². The molecule has 1 aromatic rings. The number of carbonyl (C=O) groups excluding carboxylic acids is 1. The smallest absolute Gasteiger partial charge is 0.228 e. The van der Waals surface area contributed by atoms with E-state index >= 15 is 0 Å². The summed E-state index contributed by atoms with van der Waals surface area (Å²) >= 11 is 7.37. The van der Waals surface area contributed by atoms with Crippen molar-refractivity contribution in [1.82, 2.24) is 15.5 Å². The lowest BCUT2D eigenvalue weighted by Crippen LogP contribution is -2.44. The summed E-state index contributed by atoms with van der Waals surface area (Å²) in [4.78, 5) is 15.5. The lowest BCUT2D eigenvalue weighted by atomic mass is 10.1. The second-order valence-electron chi connectivity index (χ2n) is 5.10. The van der Waals surface area contributed by atoms with E-state index < -0.39 is 0 Å². The van der Waals surface area contributed by atoms with Crippen LogP contribution in [0.25, 0.3) is 0 Å². The molecule has 0 bridgehead atoms. The molecule has 0 saturated carbocycles. The van der Waals surface area contributed by atoms with E-state index in [0.29, 0.717) is 0 Å². The minimum Gasteiger partial charge on any atom is -0.356 e. The Morgan fingerprint density at radius 2 is 2.19 bits per heavy atom. The zero-order valence-electron chi connectivity index (χ0n) is 12.2. The van der Waals surface area contributed by atoms with E-state index in [1.54, 1.807) is 0 Å². The third-order valence-electron chi connectivity index (χ3n) is 3.57. The second-order valence-corrected chi connectivity index (χ2v) is 6.85. The van der Waals surface area contributed by atoms with E-state index in [1.165, 1.54) is 11.3 Å². The molecule has 21 heavy (non-hydrogen) atoms. The third-order valence-corrected chi connectivity index (χ3v) is 4.99. The number of carbonyl (C=O) groups is 1. The number of rotatable bonds is 6. The van der Waals surface area contributed by atoms with Crippen molar-refractivity contribution in [2.45, 2.75) is 19.3 Å². The fourth-order valence-electron chi connectivity index (χ4n) is 2.29. The Hall–Kier alpha value is -0.330. The summed E-state index contributed by atoms with van der Waals surface area (Å²) in [5.41, 5.74) is 0. The van der Waals surface area contributed by atoms with Gasteiger partial charge in [-0.1, -0.05) is 11.6 Å². The Bertz CT molecular complexity index is 436. The third kappa shape index (κ3) is 6.12. The van der Waals surface area contributed by atoms with E-state index in [-0.39, 0.29) is 24.2 Å². The van der Waals surface area contributed by atoms with Crippen LogP contribution >= 0.6 is 35.3 Å². The first-order valence-electron chi connectivity index (χ1n) is 7.13. The first kappa shape index (κ1) is 18.7. The summed E-state index contributed by atoms with van der Waals surface area (Å²) in [5, 5.41) is 6.35. The van der Waals surface area contributed by atoms with E-state index in [0.717, 1.165) is 54.9 Å². The summed E-state index contributed by atoms with van der Waals surface area (Å²) < 4.78 is 0.735. The molecular weight excluding hydrogens is 329 g/mol. The fourth-order valence-corrected chi connectivity index (χ4v) is 3.40. The predicted octanol–water partition coefficient (Wildman–Crippen LogP) is 2.34. The molecule has 2 N–H and O–H groups in total. The van der Waals surface area contributed by atoms with Crippen LogP contribution in [0.3, 0.4) is 0 Å². The van der Waals surface area contributed by atoms with Crippen molar-refractivity contribution in [1.29, 1.82) is 0 Å². The molecule has 7 heteroatoms. The summed E-state index contributed by atoms with van der Waals surface area (Å²) in [6, 6.07) is 3.77. The van der Waals surface area contributed by atoms with Crippen molar-refractivity contribution >= 4 is 41.3 Å². The first-order chi connectivity index (χ1) is 9.66. The molecule has 0 aromatic carbocycles. The highest BCUT2D eigenvalue weighted by Crippen LogP contribution is 2.27. The minimum absolute atomic E-state index is 0. The Kier molecular flexibility index (Phi) is 8.59. The second kappa shape index (κ2) is 9.64. The molecule has 4 nitrogen and oxygen atoms in total. The molecule has 1 amide bonds. The quantitative estimate of drug-likeness (QED) is 0.773.